The number of ether oxygens (including phenoxy) is 1. The summed E-state index contributed by atoms with van der Waals surface area (Å²) in [5, 5.41) is 3.17. The Kier molecular flexibility index (Phi) is 4.27. The molecular formula is C14H19BrN2O3S. The minimum absolute atomic E-state index is 0.217. The number of rotatable bonds is 3. The van der Waals surface area contributed by atoms with Crippen LogP contribution in [-0.2, 0) is 16.4 Å². The summed E-state index contributed by atoms with van der Waals surface area (Å²) in [5.74, 6) is 0.532. The van der Waals surface area contributed by atoms with Crippen LogP contribution in [0.25, 0.3) is 0 Å². The zero-order chi connectivity index (χ0) is 15.0. The first-order valence-corrected chi connectivity index (χ1v) is 9.38. The van der Waals surface area contributed by atoms with Crippen LogP contribution in [0.15, 0.2) is 21.5 Å². The molecule has 0 bridgehead atoms. The lowest BCUT2D eigenvalue weighted by molar-refractivity contribution is 0.290. The van der Waals surface area contributed by atoms with Gasteiger partial charge in [0, 0.05) is 35.6 Å². The van der Waals surface area contributed by atoms with Crippen molar-refractivity contribution in [3.63, 3.8) is 0 Å². The molecule has 0 amide bonds. The number of hydrogen-bond acceptors (Lipinski definition) is 4. The smallest absolute Gasteiger partial charge is 0.246 e. The van der Waals surface area contributed by atoms with Gasteiger partial charge in [-0.3, -0.25) is 0 Å². The maximum absolute atomic E-state index is 13.0. The zero-order valence-corrected chi connectivity index (χ0v) is 14.3. The summed E-state index contributed by atoms with van der Waals surface area (Å²) in [6.45, 7) is 1.63. The molecule has 2 heterocycles. The third kappa shape index (κ3) is 2.84. The first-order valence-electron chi connectivity index (χ1n) is 7.15. The quantitative estimate of drug-likeness (QED) is 0.875. The van der Waals surface area contributed by atoms with Gasteiger partial charge in [0.05, 0.1) is 6.61 Å². The predicted octanol–water partition coefficient (Wildman–Crippen LogP) is 1.76. The van der Waals surface area contributed by atoms with Crippen molar-refractivity contribution in [3.8, 4) is 5.75 Å². The monoisotopic (exact) mass is 374 g/mol. The zero-order valence-electron chi connectivity index (χ0n) is 11.9. The second kappa shape index (κ2) is 5.87. The van der Waals surface area contributed by atoms with Gasteiger partial charge in [-0.2, -0.15) is 4.31 Å². The standard InChI is InChI=1S/C14H19BrN2O3S/c1-16-12-3-2-5-17(9-12)21(18,19)13-8-11(15)7-10-4-6-20-14(10)13/h7-8,12,16H,2-6,9H2,1H3. The molecule has 116 valence electrons. The second-order valence-corrected chi connectivity index (χ2v) is 8.30. The Bertz CT molecular complexity index is 648. The van der Waals surface area contributed by atoms with Crippen molar-refractivity contribution in [1.29, 1.82) is 0 Å². The number of benzene rings is 1. The molecule has 0 spiro atoms. The summed E-state index contributed by atoms with van der Waals surface area (Å²) in [6, 6.07) is 3.81. The highest BCUT2D eigenvalue weighted by Gasteiger charge is 2.34. The van der Waals surface area contributed by atoms with Crippen LogP contribution < -0.4 is 10.1 Å². The van der Waals surface area contributed by atoms with Crippen LogP contribution in [0.3, 0.4) is 0 Å². The molecule has 1 fully saturated rings. The minimum atomic E-state index is -3.51. The summed E-state index contributed by atoms with van der Waals surface area (Å²) in [4.78, 5) is 0.293. The number of fused-ring (bicyclic) bond motifs is 1. The van der Waals surface area contributed by atoms with Crippen molar-refractivity contribution < 1.29 is 13.2 Å². The average Bonchev–Trinajstić information content (AvgIpc) is 2.94. The fourth-order valence-electron chi connectivity index (χ4n) is 2.96. The van der Waals surface area contributed by atoms with E-state index in [1.54, 1.807) is 10.4 Å². The molecule has 2 aliphatic heterocycles. The Hall–Kier alpha value is -0.630. The predicted molar refractivity (Wildman–Crippen MR) is 84.2 cm³/mol. The van der Waals surface area contributed by atoms with Crippen LogP contribution in [-0.4, -0.2) is 45.5 Å². The van der Waals surface area contributed by atoms with Crippen molar-refractivity contribution in [1.82, 2.24) is 9.62 Å². The molecule has 1 N–H and O–H groups in total. The fraction of sp³-hybridized carbons (Fsp3) is 0.571. The molecule has 7 heteroatoms. The number of likely N-dealkylation sites (N-methyl/N-ethyl adjacent to an activating group) is 1. The Balaban J connectivity index is 1.99. The van der Waals surface area contributed by atoms with Crippen LogP contribution >= 0.6 is 15.9 Å². The normalized spacial score (nSPS) is 22.9. The van der Waals surface area contributed by atoms with E-state index < -0.39 is 10.0 Å². The summed E-state index contributed by atoms with van der Waals surface area (Å²) < 4.78 is 33.8. The third-order valence-corrected chi connectivity index (χ3v) is 6.45. The molecule has 0 aliphatic carbocycles. The van der Waals surface area contributed by atoms with Gasteiger partial charge in [-0.1, -0.05) is 15.9 Å². The van der Waals surface area contributed by atoms with Gasteiger partial charge >= 0.3 is 0 Å². The van der Waals surface area contributed by atoms with Crippen LogP contribution in [0.1, 0.15) is 18.4 Å². The van der Waals surface area contributed by atoms with Crippen molar-refractivity contribution in [2.45, 2.75) is 30.2 Å². The van der Waals surface area contributed by atoms with Gasteiger partial charge in [0.25, 0.3) is 0 Å². The molecule has 0 saturated carbocycles. The molecule has 3 rings (SSSR count). The van der Waals surface area contributed by atoms with Crippen LogP contribution in [0, 0.1) is 0 Å². The van der Waals surface area contributed by atoms with Crippen molar-refractivity contribution in [2.75, 3.05) is 26.7 Å². The van der Waals surface area contributed by atoms with E-state index in [4.69, 9.17) is 4.74 Å². The van der Waals surface area contributed by atoms with E-state index in [-0.39, 0.29) is 6.04 Å². The number of sulfonamides is 1. The van der Waals surface area contributed by atoms with E-state index >= 15 is 0 Å². The van der Waals surface area contributed by atoms with Crippen LogP contribution in [0.5, 0.6) is 5.75 Å². The summed E-state index contributed by atoms with van der Waals surface area (Å²) in [7, 11) is -1.64. The highest BCUT2D eigenvalue weighted by Crippen LogP contribution is 2.37. The Labute approximate surface area is 133 Å². The maximum atomic E-state index is 13.0. The van der Waals surface area contributed by atoms with Gasteiger partial charge in [-0.15, -0.1) is 0 Å². The summed E-state index contributed by atoms with van der Waals surface area (Å²) in [5.41, 5.74) is 0.963. The summed E-state index contributed by atoms with van der Waals surface area (Å²) in [6.07, 6.45) is 2.65. The van der Waals surface area contributed by atoms with E-state index in [2.05, 4.69) is 21.2 Å². The molecule has 0 radical (unpaired) electrons. The highest BCUT2D eigenvalue weighted by molar-refractivity contribution is 9.10. The molecule has 21 heavy (non-hydrogen) atoms. The van der Waals surface area contributed by atoms with Crippen LogP contribution in [0.4, 0.5) is 0 Å². The number of halogens is 1. The summed E-state index contributed by atoms with van der Waals surface area (Å²) >= 11 is 3.41. The van der Waals surface area contributed by atoms with Gasteiger partial charge in [-0.05, 0) is 32.0 Å². The number of piperidine rings is 1. The van der Waals surface area contributed by atoms with Gasteiger partial charge in [-0.25, -0.2) is 8.42 Å². The van der Waals surface area contributed by atoms with E-state index in [0.717, 1.165) is 29.3 Å². The lowest BCUT2D eigenvalue weighted by Crippen LogP contribution is -2.46. The molecule has 1 aromatic carbocycles. The van der Waals surface area contributed by atoms with Crippen molar-refractivity contribution >= 4 is 26.0 Å². The molecule has 1 unspecified atom stereocenters. The highest BCUT2D eigenvalue weighted by atomic mass is 79.9. The van der Waals surface area contributed by atoms with Gasteiger partial charge in [0.2, 0.25) is 10.0 Å². The molecule has 2 aliphatic rings. The van der Waals surface area contributed by atoms with Gasteiger partial charge in [0.15, 0.2) is 0 Å². The van der Waals surface area contributed by atoms with E-state index in [0.29, 0.717) is 30.3 Å². The van der Waals surface area contributed by atoms with E-state index in [1.807, 2.05) is 13.1 Å². The van der Waals surface area contributed by atoms with Crippen molar-refractivity contribution in [2.24, 2.45) is 0 Å². The third-order valence-electron chi connectivity index (χ3n) is 4.12. The van der Waals surface area contributed by atoms with E-state index in [9.17, 15) is 8.42 Å². The Morgan fingerprint density at radius 1 is 1.43 bits per heavy atom. The minimum Gasteiger partial charge on any atom is -0.492 e. The average molecular weight is 375 g/mol. The largest absolute Gasteiger partial charge is 0.492 e. The Morgan fingerprint density at radius 2 is 2.24 bits per heavy atom. The topological polar surface area (TPSA) is 58.6 Å². The lowest BCUT2D eigenvalue weighted by atomic mass is 10.1. The second-order valence-electron chi connectivity index (χ2n) is 5.48. The molecule has 1 aromatic rings. The maximum Gasteiger partial charge on any atom is 0.246 e. The first kappa shape index (κ1) is 15.3. The molecular weight excluding hydrogens is 356 g/mol. The first-order chi connectivity index (χ1) is 10.0. The molecule has 1 atom stereocenters. The van der Waals surface area contributed by atoms with Gasteiger partial charge in [0.1, 0.15) is 10.6 Å². The van der Waals surface area contributed by atoms with E-state index in [1.165, 1.54) is 0 Å². The van der Waals surface area contributed by atoms with Crippen molar-refractivity contribution in [3.05, 3.63) is 22.2 Å². The molecule has 0 aromatic heterocycles. The molecule has 1 saturated heterocycles. The van der Waals surface area contributed by atoms with Crippen LogP contribution in [0.2, 0.25) is 0 Å². The van der Waals surface area contributed by atoms with Gasteiger partial charge < -0.3 is 10.1 Å². The molecule has 5 nitrogen and oxygen atoms in total. The number of hydrogen-bond donors (Lipinski definition) is 1. The lowest BCUT2D eigenvalue weighted by Gasteiger charge is -2.32. The number of nitrogens with zero attached hydrogens (tertiary/aromatic N) is 1. The fourth-order valence-corrected chi connectivity index (χ4v) is 5.34. The Morgan fingerprint density at radius 3 is 3.00 bits per heavy atom. The number of nitrogens with one attached hydrogen (secondary N) is 1. The SMILES string of the molecule is CNC1CCCN(S(=O)(=O)c2cc(Br)cc3c2OCC3)C1.